The van der Waals surface area contributed by atoms with Gasteiger partial charge in [-0.15, -0.1) is 0 Å². The fraction of sp³-hybridized carbons (Fsp3) is 0.292. The molecule has 0 saturated heterocycles. The molecule has 0 N–H and O–H groups in total. The van der Waals surface area contributed by atoms with Gasteiger partial charge in [0, 0.05) is 5.39 Å². The zero-order chi connectivity index (χ0) is 21.6. The Morgan fingerprint density at radius 1 is 1.00 bits per heavy atom. The van der Waals surface area contributed by atoms with E-state index >= 15 is 0 Å². The number of rotatable bonds is 6. The average Bonchev–Trinajstić information content (AvgIpc) is 2.80. The lowest BCUT2D eigenvalue weighted by molar-refractivity contribution is -0.170. The maximum atomic E-state index is 13.0. The van der Waals surface area contributed by atoms with E-state index in [0.717, 1.165) is 42.9 Å². The Kier molecular flexibility index (Phi) is 7.18. The number of halogens is 1. The highest BCUT2D eigenvalue weighted by Crippen LogP contribution is 2.39. The van der Waals surface area contributed by atoms with Crippen LogP contribution in [0.5, 0.6) is 5.75 Å². The molecule has 3 aromatic rings. The van der Waals surface area contributed by atoms with Crippen molar-refractivity contribution in [3.63, 3.8) is 0 Å². The smallest absolute Gasteiger partial charge is 0.395 e. The number of benzene rings is 3. The highest BCUT2D eigenvalue weighted by atomic mass is 35.5. The number of carbonyl (C=O) groups is 1. The topological polar surface area (TPSA) is 71.0 Å². The summed E-state index contributed by atoms with van der Waals surface area (Å²) >= 11 is 6.31. The van der Waals surface area contributed by atoms with Gasteiger partial charge in [0.2, 0.25) is 11.8 Å². The van der Waals surface area contributed by atoms with Crippen LogP contribution >= 0.6 is 19.8 Å². The summed E-state index contributed by atoms with van der Waals surface area (Å²) < 4.78 is 15.6. The minimum absolute atomic E-state index is 0.117. The third-order valence-electron chi connectivity index (χ3n) is 5.38. The first-order chi connectivity index (χ1) is 15.1. The van der Waals surface area contributed by atoms with Gasteiger partial charge in [0.25, 0.3) is 0 Å². The molecule has 1 aliphatic carbocycles. The van der Waals surface area contributed by atoms with Crippen molar-refractivity contribution < 1.29 is 18.9 Å². The number of esters is 1. The van der Waals surface area contributed by atoms with Crippen molar-refractivity contribution in [2.45, 2.75) is 44.2 Å². The van der Waals surface area contributed by atoms with Crippen molar-refractivity contribution in [2.75, 3.05) is 0 Å². The lowest BCUT2D eigenvalue weighted by atomic mass is 9.97. The second kappa shape index (κ2) is 10.2. The number of nitrogens with zero attached hydrogens (tertiary/aromatic N) is 1. The Bertz CT molecular complexity index is 1080. The molecule has 0 spiro atoms. The number of fused-ring (bicyclic) bond motifs is 1. The van der Waals surface area contributed by atoms with Crippen LogP contribution in [-0.2, 0) is 9.53 Å². The fourth-order valence-electron chi connectivity index (χ4n) is 3.80. The van der Waals surface area contributed by atoms with Crippen LogP contribution in [0.3, 0.4) is 0 Å². The quantitative estimate of drug-likeness (QED) is 0.321. The van der Waals surface area contributed by atoms with Crippen LogP contribution in [0.2, 0.25) is 5.02 Å². The summed E-state index contributed by atoms with van der Waals surface area (Å²) in [4.78, 5) is 25.8. The molecule has 1 unspecified atom stereocenters. The molecule has 1 fully saturated rings. The second-order valence-corrected chi connectivity index (χ2v) is 8.85. The lowest BCUT2D eigenvalue weighted by Crippen LogP contribution is -2.24. The molecule has 0 amide bonds. The molecule has 3 aromatic carbocycles. The van der Waals surface area contributed by atoms with E-state index in [2.05, 4.69) is 4.74 Å². The molecular weight excluding hydrogens is 433 g/mol. The van der Waals surface area contributed by atoms with Gasteiger partial charge in [-0.3, -0.25) is 4.52 Å². The molecule has 7 heteroatoms. The van der Waals surface area contributed by atoms with Crippen LogP contribution in [-0.4, -0.2) is 12.1 Å². The van der Waals surface area contributed by atoms with Gasteiger partial charge in [-0.2, -0.15) is 0 Å². The van der Waals surface area contributed by atoms with Crippen LogP contribution < -0.4 is 9.42 Å². The molecule has 31 heavy (non-hydrogen) atoms. The van der Waals surface area contributed by atoms with E-state index in [9.17, 15) is 9.69 Å². The lowest BCUT2D eigenvalue weighted by Gasteiger charge is -2.23. The predicted octanol–water partition coefficient (Wildman–Crippen LogP) is 6.35. The summed E-state index contributed by atoms with van der Waals surface area (Å²) in [5.41, 5.74) is 0.610. The van der Waals surface area contributed by atoms with Gasteiger partial charge < -0.3 is 9.63 Å². The summed E-state index contributed by atoms with van der Waals surface area (Å²) in [6.07, 6.45) is 4.83. The van der Waals surface area contributed by atoms with Crippen LogP contribution in [0, 0.1) is 0 Å². The predicted molar refractivity (Wildman–Crippen MR) is 121 cm³/mol. The molecule has 2 atom stereocenters. The zero-order valence-electron chi connectivity index (χ0n) is 16.9. The molecule has 0 radical (unpaired) electrons. The Hall–Kier alpha value is -2.46. The summed E-state index contributed by atoms with van der Waals surface area (Å²) in [5.74, 6) is -0.217. The van der Waals surface area contributed by atoms with E-state index in [-0.39, 0.29) is 11.9 Å². The van der Waals surface area contributed by atoms with E-state index in [0.29, 0.717) is 10.6 Å². The van der Waals surface area contributed by atoms with Gasteiger partial charge in [0.15, 0.2) is 0 Å². The van der Waals surface area contributed by atoms with Crippen molar-refractivity contribution in [1.29, 1.82) is 0 Å². The maximum Gasteiger partial charge on any atom is 0.395 e. The monoisotopic (exact) mass is 455 g/mol. The highest BCUT2D eigenvalue weighted by Gasteiger charge is 2.29. The van der Waals surface area contributed by atoms with Gasteiger partial charge in [0.1, 0.15) is 6.10 Å². The third kappa shape index (κ3) is 5.43. The first-order valence-corrected chi connectivity index (χ1v) is 11.9. The Balaban J connectivity index is 1.61. The van der Waals surface area contributed by atoms with Crippen LogP contribution in [0.4, 0.5) is 0 Å². The number of hydrogen-bond acceptors (Lipinski definition) is 5. The fourth-order valence-corrected chi connectivity index (χ4v) is 4.88. The van der Waals surface area contributed by atoms with Crippen molar-refractivity contribution in [1.82, 2.24) is 0 Å². The largest absolute Gasteiger partial charge is 0.575 e. The van der Waals surface area contributed by atoms with Crippen molar-refractivity contribution >= 4 is 36.5 Å². The van der Waals surface area contributed by atoms with E-state index in [1.165, 1.54) is 0 Å². The summed E-state index contributed by atoms with van der Waals surface area (Å²) in [5, 5.41) is 1.97. The van der Waals surface area contributed by atoms with Gasteiger partial charge in [-0.1, -0.05) is 83.4 Å². The van der Waals surface area contributed by atoms with E-state index in [1.54, 1.807) is 30.3 Å². The summed E-state index contributed by atoms with van der Waals surface area (Å²) in [6.45, 7) is 0. The van der Waals surface area contributed by atoms with E-state index in [4.69, 9.17) is 20.9 Å². The molecule has 0 aliphatic heterocycles. The number of ether oxygens (including phenoxy) is 1. The third-order valence-corrected chi connectivity index (χ3v) is 6.44. The van der Waals surface area contributed by atoms with Crippen LogP contribution in [0.1, 0.15) is 43.7 Å². The summed E-state index contributed by atoms with van der Waals surface area (Å²) in [7, 11) is -2.58. The minimum Gasteiger partial charge on any atom is -0.575 e. The molecule has 1 saturated carbocycles. The van der Waals surface area contributed by atoms with Crippen molar-refractivity contribution in [2.24, 2.45) is 4.74 Å². The van der Waals surface area contributed by atoms with Crippen LogP contribution in [0.15, 0.2) is 71.5 Å². The molecular formula is C24H23ClNO4P. The summed E-state index contributed by atoms with van der Waals surface area (Å²) in [6, 6.07) is 19.0. The minimum atomic E-state index is -2.58. The number of hydrogen-bond donors (Lipinski definition) is 0. The molecule has 1 aliphatic rings. The Labute approximate surface area is 187 Å². The van der Waals surface area contributed by atoms with Gasteiger partial charge >= 0.3 is 14.1 Å². The van der Waals surface area contributed by atoms with E-state index in [1.807, 2.05) is 36.4 Å². The molecule has 5 nitrogen and oxygen atoms in total. The Morgan fingerprint density at radius 2 is 1.71 bits per heavy atom. The molecule has 0 bridgehead atoms. The second-order valence-electron chi connectivity index (χ2n) is 7.55. The molecule has 0 heterocycles. The SMILES string of the molecule is O=C(OC1CCCCC1)[C@H](/N=[P+](\[O-])Oc1c(Cl)ccc2ccccc12)c1ccccc1. The first-order valence-electron chi connectivity index (χ1n) is 10.4. The average molecular weight is 456 g/mol. The molecule has 4 rings (SSSR count). The first kappa shape index (κ1) is 21.8. The molecule has 0 aromatic heterocycles. The Morgan fingerprint density at radius 3 is 2.48 bits per heavy atom. The highest BCUT2D eigenvalue weighted by molar-refractivity contribution is 7.34. The normalized spacial score (nSPS) is 16.1. The number of carbonyl (C=O) groups excluding carboxylic acids is 1. The standard InChI is InChI=1S/C24H23ClNO4P/c25-21-16-15-17-9-7-8-14-20(17)23(21)30-31(28)26-22(18-10-3-1-4-11-18)24(27)29-19-12-5-2-6-13-19/h1,3-4,7-11,14-16,19,22H,2,5-6,12-13H2/t22-/m1/s1. The van der Waals surface area contributed by atoms with E-state index < -0.39 is 20.2 Å². The zero-order valence-corrected chi connectivity index (χ0v) is 18.6. The van der Waals surface area contributed by atoms with Gasteiger partial charge in [-0.25, -0.2) is 4.79 Å². The van der Waals surface area contributed by atoms with Crippen LogP contribution in [0.25, 0.3) is 10.8 Å². The maximum absolute atomic E-state index is 13.0. The van der Waals surface area contributed by atoms with Gasteiger partial charge in [0.05, 0.1) is 5.02 Å². The van der Waals surface area contributed by atoms with Gasteiger partial charge in [-0.05, 0) is 42.7 Å². The van der Waals surface area contributed by atoms with Crippen molar-refractivity contribution in [3.8, 4) is 5.75 Å². The van der Waals surface area contributed by atoms with Crippen molar-refractivity contribution in [3.05, 3.63) is 77.3 Å². The molecule has 160 valence electrons.